The summed E-state index contributed by atoms with van der Waals surface area (Å²) in [4.78, 5) is 5.35. The molecule has 0 aliphatic carbocycles. The van der Waals surface area contributed by atoms with Crippen LogP contribution >= 0.6 is 0 Å². The lowest BCUT2D eigenvalue weighted by Gasteiger charge is -2.42. The first-order chi connectivity index (χ1) is 10.1. The second kappa shape index (κ2) is 7.91. The van der Waals surface area contributed by atoms with E-state index in [4.69, 9.17) is 0 Å². The van der Waals surface area contributed by atoms with Gasteiger partial charge in [-0.1, -0.05) is 6.92 Å². The number of rotatable bonds is 8. The predicted octanol–water partition coefficient (Wildman–Crippen LogP) is 1.69. The molecule has 2 aliphatic heterocycles. The smallest absolute Gasteiger partial charge is 0.0610 e. The highest BCUT2D eigenvalue weighted by Crippen LogP contribution is 2.25. The quantitative estimate of drug-likeness (QED) is 0.715. The number of hydrogen-bond donors (Lipinski definition) is 2. The summed E-state index contributed by atoms with van der Waals surface area (Å²) in [5, 5.41) is 13.1. The van der Waals surface area contributed by atoms with Crippen LogP contribution in [0.4, 0.5) is 0 Å². The second-order valence-corrected chi connectivity index (χ2v) is 7.38. The van der Waals surface area contributed by atoms with E-state index in [1.54, 1.807) is 0 Å². The molecule has 0 saturated carbocycles. The summed E-state index contributed by atoms with van der Waals surface area (Å²) in [7, 11) is 0. The van der Waals surface area contributed by atoms with Gasteiger partial charge in [0.05, 0.1) is 6.61 Å². The molecule has 2 rings (SSSR count). The van der Waals surface area contributed by atoms with Crippen molar-refractivity contribution >= 4 is 0 Å². The maximum atomic E-state index is 9.64. The van der Waals surface area contributed by atoms with Crippen molar-refractivity contribution in [3.63, 3.8) is 0 Å². The molecule has 2 saturated heterocycles. The fraction of sp³-hybridized carbons (Fsp3) is 1.00. The number of piperazine rings is 1. The molecule has 2 aliphatic rings. The third-order valence-corrected chi connectivity index (χ3v) is 5.39. The van der Waals surface area contributed by atoms with Gasteiger partial charge in [0.25, 0.3) is 0 Å². The van der Waals surface area contributed by atoms with Crippen molar-refractivity contribution in [3.8, 4) is 0 Å². The van der Waals surface area contributed by atoms with Gasteiger partial charge >= 0.3 is 0 Å². The third-order valence-electron chi connectivity index (χ3n) is 5.39. The highest BCUT2D eigenvalue weighted by molar-refractivity contribution is 4.91. The van der Waals surface area contributed by atoms with Crippen molar-refractivity contribution < 1.29 is 5.11 Å². The van der Waals surface area contributed by atoms with Crippen LogP contribution < -0.4 is 5.32 Å². The van der Waals surface area contributed by atoms with Crippen LogP contribution in [0.25, 0.3) is 0 Å². The van der Waals surface area contributed by atoms with Gasteiger partial charge in [-0.05, 0) is 65.6 Å². The first-order valence-corrected chi connectivity index (χ1v) is 8.92. The Balaban J connectivity index is 1.74. The summed E-state index contributed by atoms with van der Waals surface area (Å²) in [6, 6.07) is 1.49. The molecule has 3 unspecified atom stereocenters. The van der Waals surface area contributed by atoms with Crippen molar-refractivity contribution in [1.82, 2.24) is 15.1 Å². The van der Waals surface area contributed by atoms with Crippen molar-refractivity contribution in [2.24, 2.45) is 0 Å². The second-order valence-electron chi connectivity index (χ2n) is 7.38. The largest absolute Gasteiger partial charge is 0.394 e. The Bertz CT molecular complexity index is 312. The van der Waals surface area contributed by atoms with Crippen LogP contribution in [0, 0.1) is 0 Å². The molecule has 4 heteroatoms. The number of aliphatic hydroxyl groups is 1. The molecule has 0 aromatic rings. The van der Waals surface area contributed by atoms with Gasteiger partial charge in [0.1, 0.15) is 0 Å². The Morgan fingerprint density at radius 3 is 2.86 bits per heavy atom. The van der Waals surface area contributed by atoms with Gasteiger partial charge < -0.3 is 10.4 Å². The normalized spacial score (nSPS) is 30.3. The Labute approximate surface area is 130 Å². The summed E-state index contributed by atoms with van der Waals surface area (Å²) >= 11 is 0. The van der Waals surface area contributed by atoms with Gasteiger partial charge in [0.15, 0.2) is 0 Å². The lowest BCUT2D eigenvalue weighted by atomic mass is 9.96. The van der Waals surface area contributed by atoms with E-state index in [0.29, 0.717) is 6.04 Å². The molecule has 3 atom stereocenters. The van der Waals surface area contributed by atoms with Crippen LogP contribution in [0.5, 0.6) is 0 Å². The maximum Gasteiger partial charge on any atom is 0.0610 e. The minimum atomic E-state index is -0.103. The van der Waals surface area contributed by atoms with Gasteiger partial charge in [0.2, 0.25) is 0 Å². The van der Waals surface area contributed by atoms with Gasteiger partial charge in [-0.2, -0.15) is 0 Å². The van der Waals surface area contributed by atoms with Crippen LogP contribution in [-0.2, 0) is 0 Å². The number of nitrogens with zero attached hydrogens (tertiary/aromatic N) is 2. The number of nitrogens with one attached hydrogen (secondary N) is 1. The van der Waals surface area contributed by atoms with Crippen LogP contribution in [0.15, 0.2) is 0 Å². The van der Waals surface area contributed by atoms with Crippen molar-refractivity contribution in [2.45, 2.75) is 70.5 Å². The molecular weight excluding hydrogens is 262 g/mol. The SMILES string of the molecule is CCCNC(C)(CO)CCCN1CC2CCCN2CC1C. The summed E-state index contributed by atoms with van der Waals surface area (Å²) in [6.07, 6.45) is 6.12. The standard InChI is InChI=1S/C17H35N3O/c1-4-9-18-17(3,14-21)8-6-11-19-13-16-7-5-10-20(16)12-15(19)2/h15-16,18,21H,4-14H2,1-3H3. The minimum absolute atomic E-state index is 0.103. The van der Waals surface area contributed by atoms with Gasteiger partial charge in [-0.3, -0.25) is 9.80 Å². The minimum Gasteiger partial charge on any atom is -0.394 e. The molecule has 0 bridgehead atoms. The van der Waals surface area contributed by atoms with Crippen LogP contribution in [0.1, 0.15) is 52.9 Å². The maximum absolute atomic E-state index is 9.64. The van der Waals surface area contributed by atoms with E-state index in [2.05, 4.69) is 35.9 Å². The van der Waals surface area contributed by atoms with Gasteiger partial charge in [-0.15, -0.1) is 0 Å². The monoisotopic (exact) mass is 297 g/mol. The van der Waals surface area contributed by atoms with Crippen LogP contribution in [0.3, 0.4) is 0 Å². The molecule has 124 valence electrons. The molecule has 0 aromatic carbocycles. The van der Waals surface area contributed by atoms with E-state index in [-0.39, 0.29) is 12.1 Å². The molecule has 2 N–H and O–H groups in total. The highest BCUT2D eigenvalue weighted by atomic mass is 16.3. The molecule has 2 heterocycles. The summed E-state index contributed by atoms with van der Waals surface area (Å²) in [5.41, 5.74) is -0.103. The van der Waals surface area contributed by atoms with Crippen molar-refractivity contribution in [2.75, 3.05) is 39.3 Å². The molecule has 0 radical (unpaired) electrons. The molecule has 0 spiro atoms. The Morgan fingerprint density at radius 2 is 2.14 bits per heavy atom. The first-order valence-electron chi connectivity index (χ1n) is 8.92. The van der Waals surface area contributed by atoms with E-state index < -0.39 is 0 Å². The van der Waals surface area contributed by atoms with Gasteiger partial charge in [0, 0.05) is 30.7 Å². The van der Waals surface area contributed by atoms with Gasteiger partial charge in [-0.25, -0.2) is 0 Å². The zero-order valence-electron chi connectivity index (χ0n) is 14.3. The average molecular weight is 297 g/mol. The molecular formula is C17H35N3O. The first kappa shape index (κ1) is 17.2. The lowest BCUT2D eigenvalue weighted by Crippen LogP contribution is -2.55. The zero-order chi connectivity index (χ0) is 15.3. The summed E-state index contributed by atoms with van der Waals surface area (Å²) in [6.45, 7) is 12.9. The van der Waals surface area contributed by atoms with E-state index in [1.165, 1.54) is 45.4 Å². The van der Waals surface area contributed by atoms with Crippen LogP contribution in [0.2, 0.25) is 0 Å². The molecule has 21 heavy (non-hydrogen) atoms. The topological polar surface area (TPSA) is 38.7 Å². The van der Waals surface area contributed by atoms with E-state index in [1.807, 2.05) is 0 Å². The average Bonchev–Trinajstić information content (AvgIpc) is 2.92. The van der Waals surface area contributed by atoms with Crippen molar-refractivity contribution in [1.29, 1.82) is 0 Å². The fourth-order valence-corrected chi connectivity index (χ4v) is 3.88. The highest BCUT2D eigenvalue weighted by Gasteiger charge is 2.34. The Morgan fingerprint density at radius 1 is 1.33 bits per heavy atom. The Kier molecular flexibility index (Phi) is 6.48. The Hall–Kier alpha value is -0.160. The number of hydrogen-bond acceptors (Lipinski definition) is 4. The third kappa shape index (κ3) is 4.65. The van der Waals surface area contributed by atoms with E-state index in [9.17, 15) is 5.11 Å². The van der Waals surface area contributed by atoms with E-state index in [0.717, 1.165) is 25.4 Å². The molecule has 0 aromatic heterocycles. The molecule has 2 fully saturated rings. The fourth-order valence-electron chi connectivity index (χ4n) is 3.88. The summed E-state index contributed by atoms with van der Waals surface area (Å²) in [5.74, 6) is 0. The summed E-state index contributed by atoms with van der Waals surface area (Å²) < 4.78 is 0. The molecule has 0 amide bonds. The van der Waals surface area contributed by atoms with Crippen LogP contribution in [-0.4, -0.2) is 71.9 Å². The molecule has 4 nitrogen and oxygen atoms in total. The number of fused-ring (bicyclic) bond motifs is 1. The van der Waals surface area contributed by atoms with Crippen molar-refractivity contribution in [3.05, 3.63) is 0 Å². The zero-order valence-corrected chi connectivity index (χ0v) is 14.3. The number of aliphatic hydroxyl groups excluding tert-OH is 1. The van der Waals surface area contributed by atoms with E-state index >= 15 is 0 Å². The predicted molar refractivity (Wildman–Crippen MR) is 88.6 cm³/mol. The lowest BCUT2D eigenvalue weighted by molar-refractivity contribution is 0.0552.